The van der Waals surface area contributed by atoms with Crippen molar-refractivity contribution in [1.29, 1.82) is 0 Å². The summed E-state index contributed by atoms with van der Waals surface area (Å²) < 4.78 is 0. The summed E-state index contributed by atoms with van der Waals surface area (Å²) in [6.07, 6.45) is 9.61. The minimum absolute atomic E-state index is 0.401. The first-order valence-electron chi connectivity index (χ1n) is 5.71. The van der Waals surface area contributed by atoms with Crippen molar-refractivity contribution in [3.63, 3.8) is 0 Å². The standard InChI is InChI=1S/C11H19N3/c1-9-7-8-12-11(13-9)14-10-5-3-2-4-6-10/h8-10H,2-7H2,1H3,(H,13,14)/t9-/m1/s1. The van der Waals surface area contributed by atoms with E-state index in [9.17, 15) is 0 Å². The van der Waals surface area contributed by atoms with Crippen LogP contribution in [0, 0.1) is 0 Å². The fourth-order valence-corrected chi connectivity index (χ4v) is 2.09. The van der Waals surface area contributed by atoms with Crippen molar-refractivity contribution in [3.05, 3.63) is 0 Å². The fourth-order valence-electron chi connectivity index (χ4n) is 2.09. The monoisotopic (exact) mass is 193 g/mol. The molecule has 2 rings (SSSR count). The summed E-state index contributed by atoms with van der Waals surface area (Å²) in [5.41, 5.74) is 0. The van der Waals surface area contributed by atoms with E-state index in [-0.39, 0.29) is 0 Å². The molecule has 1 aliphatic heterocycles. The van der Waals surface area contributed by atoms with Crippen molar-refractivity contribution in [2.45, 2.75) is 57.5 Å². The Bertz CT molecular complexity index is 239. The van der Waals surface area contributed by atoms with E-state index in [4.69, 9.17) is 0 Å². The molecule has 1 aliphatic carbocycles. The first kappa shape index (κ1) is 9.69. The number of nitrogens with one attached hydrogen (secondary N) is 1. The van der Waals surface area contributed by atoms with Crippen LogP contribution < -0.4 is 5.32 Å². The van der Waals surface area contributed by atoms with Gasteiger partial charge in [0.25, 0.3) is 0 Å². The van der Waals surface area contributed by atoms with Gasteiger partial charge in [0.1, 0.15) is 0 Å². The smallest absolute Gasteiger partial charge is 0.218 e. The Kier molecular flexibility index (Phi) is 3.17. The third-order valence-corrected chi connectivity index (χ3v) is 2.94. The molecular formula is C11H19N3. The van der Waals surface area contributed by atoms with Gasteiger partial charge in [0, 0.05) is 18.7 Å². The van der Waals surface area contributed by atoms with Crippen LogP contribution in [0.1, 0.15) is 45.4 Å². The molecular weight excluding hydrogens is 174 g/mol. The zero-order valence-corrected chi connectivity index (χ0v) is 8.87. The first-order valence-corrected chi connectivity index (χ1v) is 5.71. The van der Waals surface area contributed by atoms with Crippen LogP contribution in [0.25, 0.3) is 0 Å². The predicted octanol–water partition coefficient (Wildman–Crippen LogP) is 2.13. The molecule has 0 spiro atoms. The van der Waals surface area contributed by atoms with E-state index in [0.717, 1.165) is 12.4 Å². The van der Waals surface area contributed by atoms with Gasteiger partial charge >= 0.3 is 0 Å². The quantitative estimate of drug-likeness (QED) is 0.680. The molecule has 0 aromatic rings. The van der Waals surface area contributed by atoms with Crippen molar-refractivity contribution in [3.8, 4) is 0 Å². The third kappa shape index (κ3) is 2.56. The lowest BCUT2D eigenvalue weighted by Crippen LogP contribution is -2.36. The van der Waals surface area contributed by atoms with Crippen LogP contribution >= 0.6 is 0 Å². The van der Waals surface area contributed by atoms with Gasteiger partial charge in [-0.05, 0) is 19.8 Å². The summed E-state index contributed by atoms with van der Waals surface area (Å²) in [6, 6.07) is 1.02. The molecule has 0 bridgehead atoms. The van der Waals surface area contributed by atoms with Gasteiger partial charge in [-0.2, -0.15) is 0 Å². The van der Waals surface area contributed by atoms with Gasteiger partial charge in [0.05, 0.1) is 6.04 Å². The lowest BCUT2D eigenvalue weighted by atomic mass is 9.96. The van der Waals surface area contributed by atoms with Crippen LogP contribution in [0.3, 0.4) is 0 Å². The number of nitrogens with zero attached hydrogens (tertiary/aromatic N) is 2. The number of aliphatic imine (C=N–C) groups is 2. The van der Waals surface area contributed by atoms with Crippen LogP contribution in [0.4, 0.5) is 0 Å². The normalized spacial score (nSPS) is 28.6. The molecule has 0 aromatic carbocycles. The van der Waals surface area contributed by atoms with Crippen molar-refractivity contribution in [2.24, 2.45) is 9.98 Å². The van der Waals surface area contributed by atoms with E-state index in [2.05, 4.69) is 22.2 Å². The van der Waals surface area contributed by atoms with Gasteiger partial charge in [-0.15, -0.1) is 0 Å². The highest BCUT2D eigenvalue weighted by Crippen LogP contribution is 2.17. The molecule has 1 N–H and O–H groups in total. The molecule has 1 atom stereocenters. The summed E-state index contributed by atoms with van der Waals surface area (Å²) in [5.74, 6) is 0.857. The molecule has 1 fully saturated rings. The maximum absolute atomic E-state index is 4.48. The average molecular weight is 193 g/mol. The molecule has 78 valence electrons. The van der Waals surface area contributed by atoms with Crippen LogP contribution in [0.2, 0.25) is 0 Å². The lowest BCUT2D eigenvalue weighted by Gasteiger charge is -2.24. The minimum atomic E-state index is 0.401. The number of guanidine groups is 1. The topological polar surface area (TPSA) is 36.8 Å². The second kappa shape index (κ2) is 4.58. The summed E-state index contributed by atoms with van der Waals surface area (Å²) in [4.78, 5) is 8.77. The highest BCUT2D eigenvalue weighted by Gasteiger charge is 2.15. The van der Waals surface area contributed by atoms with Crippen LogP contribution in [-0.4, -0.2) is 24.3 Å². The molecule has 0 amide bonds. The second-order valence-electron chi connectivity index (χ2n) is 4.33. The molecule has 1 saturated carbocycles. The van der Waals surface area contributed by atoms with Gasteiger partial charge in [-0.25, -0.2) is 9.98 Å². The molecule has 0 radical (unpaired) electrons. The summed E-state index contributed by atoms with van der Waals surface area (Å²) in [7, 11) is 0. The van der Waals surface area contributed by atoms with Gasteiger partial charge in [0.2, 0.25) is 5.96 Å². The van der Waals surface area contributed by atoms with E-state index in [1.54, 1.807) is 0 Å². The first-order chi connectivity index (χ1) is 6.84. The van der Waals surface area contributed by atoms with Crippen LogP contribution in [0.15, 0.2) is 9.98 Å². The van der Waals surface area contributed by atoms with E-state index < -0.39 is 0 Å². The SMILES string of the molecule is C[C@@H]1CC=NC(NC2CCCCC2)=N1. The highest BCUT2D eigenvalue weighted by atomic mass is 15.2. The van der Waals surface area contributed by atoms with E-state index in [1.807, 2.05) is 6.21 Å². The maximum Gasteiger partial charge on any atom is 0.218 e. The number of hydrogen-bond donors (Lipinski definition) is 1. The molecule has 3 nitrogen and oxygen atoms in total. The lowest BCUT2D eigenvalue weighted by molar-refractivity contribution is 0.411. The Balaban J connectivity index is 1.86. The highest BCUT2D eigenvalue weighted by molar-refractivity contribution is 5.89. The Morgan fingerprint density at radius 2 is 2.07 bits per heavy atom. The zero-order valence-electron chi connectivity index (χ0n) is 8.87. The van der Waals surface area contributed by atoms with Gasteiger partial charge in [-0.1, -0.05) is 19.3 Å². The second-order valence-corrected chi connectivity index (χ2v) is 4.33. The summed E-state index contributed by atoms with van der Waals surface area (Å²) in [6.45, 7) is 2.13. The Labute approximate surface area is 85.7 Å². The Hall–Kier alpha value is -0.860. The van der Waals surface area contributed by atoms with Crippen molar-refractivity contribution in [2.75, 3.05) is 0 Å². The molecule has 3 heteroatoms. The third-order valence-electron chi connectivity index (χ3n) is 2.94. The van der Waals surface area contributed by atoms with E-state index in [0.29, 0.717) is 12.1 Å². The molecule has 14 heavy (non-hydrogen) atoms. The van der Waals surface area contributed by atoms with E-state index >= 15 is 0 Å². The average Bonchev–Trinajstić information content (AvgIpc) is 2.19. The molecule has 1 heterocycles. The largest absolute Gasteiger partial charge is 0.352 e. The minimum Gasteiger partial charge on any atom is -0.352 e. The zero-order chi connectivity index (χ0) is 9.80. The number of hydrogen-bond acceptors (Lipinski definition) is 3. The summed E-state index contributed by atoms with van der Waals surface area (Å²) >= 11 is 0. The summed E-state index contributed by atoms with van der Waals surface area (Å²) in [5, 5.41) is 3.44. The molecule has 2 aliphatic rings. The van der Waals surface area contributed by atoms with Crippen LogP contribution in [0.5, 0.6) is 0 Å². The maximum atomic E-state index is 4.48. The Morgan fingerprint density at radius 1 is 1.29 bits per heavy atom. The van der Waals surface area contributed by atoms with Crippen LogP contribution in [-0.2, 0) is 0 Å². The van der Waals surface area contributed by atoms with Crippen molar-refractivity contribution in [1.82, 2.24) is 5.32 Å². The molecule has 0 unspecified atom stereocenters. The van der Waals surface area contributed by atoms with Gasteiger partial charge < -0.3 is 5.32 Å². The predicted molar refractivity (Wildman–Crippen MR) is 60.0 cm³/mol. The van der Waals surface area contributed by atoms with Gasteiger partial charge in [-0.3, -0.25) is 0 Å². The van der Waals surface area contributed by atoms with Crippen molar-refractivity contribution >= 4 is 12.2 Å². The fraction of sp³-hybridized carbons (Fsp3) is 0.818. The van der Waals surface area contributed by atoms with Gasteiger partial charge in [0.15, 0.2) is 0 Å². The molecule has 0 aromatic heterocycles. The number of rotatable bonds is 1. The Morgan fingerprint density at radius 3 is 2.79 bits per heavy atom. The molecule has 0 saturated heterocycles. The van der Waals surface area contributed by atoms with E-state index in [1.165, 1.54) is 32.1 Å². The van der Waals surface area contributed by atoms with Crippen molar-refractivity contribution < 1.29 is 0 Å².